The zero-order valence-corrected chi connectivity index (χ0v) is 14.5. The van der Waals surface area contributed by atoms with Crippen molar-refractivity contribution in [3.05, 3.63) is 15.6 Å². The molecule has 0 saturated carbocycles. The van der Waals surface area contributed by atoms with Crippen molar-refractivity contribution in [2.24, 2.45) is 0 Å². The smallest absolute Gasteiger partial charge is 0.222 e. The van der Waals surface area contributed by atoms with E-state index in [0.29, 0.717) is 6.42 Å². The maximum Gasteiger partial charge on any atom is 0.222 e. The van der Waals surface area contributed by atoms with Crippen LogP contribution < -0.4 is 0 Å². The zero-order chi connectivity index (χ0) is 15.4. The van der Waals surface area contributed by atoms with Gasteiger partial charge < -0.3 is 9.80 Å². The first-order valence-corrected chi connectivity index (χ1v) is 8.72. The van der Waals surface area contributed by atoms with Gasteiger partial charge in [-0.3, -0.25) is 4.79 Å². The van der Waals surface area contributed by atoms with E-state index in [1.54, 1.807) is 11.3 Å². The van der Waals surface area contributed by atoms with Crippen LogP contribution in [-0.4, -0.2) is 47.4 Å². The predicted molar refractivity (Wildman–Crippen MR) is 87.7 cm³/mol. The molecule has 0 unspecified atom stereocenters. The second-order valence-corrected chi connectivity index (χ2v) is 7.41. The van der Waals surface area contributed by atoms with E-state index in [1.807, 2.05) is 18.9 Å². The summed E-state index contributed by atoms with van der Waals surface area (Å²) in [5.74, 6) is 0.228. The summed E-state index contributed by atoms with van der Waals surface area (Å²) < 4.78 is 0. The minimum Gasteiger partial charge on any atom is -0.337 e. The van der Waals surface area contributed by atoms with E-state index < -0.39 is 0 Å². The largest absolute Gasteiger partial charge is 0.337 e. The molecule has 0 N–H and O–H groups in total. The van der Waals surface area contributed by atoms with Crippen LogP contribution in [0.5, 0.6) is 0 Å². The van der Waals surface area contributed by atoms with Crippen molar-refractivity contribution < 1.29 is 4.79 Å². The predicted octanol–water partition coefficient (Wildman–Crippen LogP) is 3.16. The molecule has 0 radical (unpaired) electrons. The van der Waals surface area contributed by atoms with Gasteiger partial charge in [-0.2, -0.15) is 0 Å². The topological polar surface area (TPSA) is 36.4 Å². The summed E-state index contributed by atoms with van der Waals surface area (Å²) in [5.41, 5.74) is 1.05. The molecule has 1 aliphatic rings. The number of carbonyl (C=O) groups is 1. The van der Waals surface area contributed by atoms with Crippen LogP contribution in [0.1, 0.15) is 54.2 Å². The monoisotopic (exact) mass is 309 g/mol. The first-order valence-electron chi connectivity index (χ1n) is 7.91. The Morgan fingerprint density at radius 3 is 2.62 bits per heavy atom. The number of carbonyl (C=O) groups excluding carboxylic acids is 1. The SMILES string of the molecule is Cc1nc([C@H](C)N(C)C(=O)CCCN2CCCC2)c(C)s1. The van der Waals surface area contributed by atoms with E-state index in [1.165, 1.54) is 30.8 Å². The Morgan fingerprint density at radius 1 is 1.38 bits per heavy atom. The lowest BCUT2D eigenvalue weighted by Gasteiger charge is -2.25. The van der Waals surface area contributed by atoms with Crippen molar-refractivity contribution in [2.45, 2.75) is 52.5 Å². The Balaban J connectivity index is 1.82. The number of hydrogen-bond donors (Lipinski definition) is 0. The fraction of sp³-hybridized carbons (Fsp3) is 0.750. The van der Waals surface area contributed by atoms with Gasteiger partial charge in [0.15, 0.2) is 0 Å². The molecule has 1 aromatic heterocycles. The Bertz CT molecular complexity index is 480. The molecule has 118 valence electrons. The van der Waals surface area contributed by atoms with Gasteiger partial charge in [-0.25, -0.2) is 4.98 Å². The summed E-state index contributed by atoms with van der Waals surface area (Å²) in [6.45, 7) is 9.64. The highest BCUT2D eigenvalue weighted by atomic mass is 32.1. The summed E-state index contributed by atoms with van der Waals surface area (Å²) in [4.78, 5) is 22.4. The minimum atomic E-state index is 0.0641. The van der Waals surface area contributed by atoms with Crippen LogP contribution in [0.15, 0.2) is 0 Å². The van der Waals surface area contributed by atoms with Gasteiger partial charge in [0, 0.05) is 18.3 Å². The van der Waals surface area contributed by atoms with Crippen molar-refractivity contribution in [3.8, 4) is 0 Å². The summed E-state index contributed by atoms with van der Waals surface area (Å²) in [6.07, 6.45) is 4.23. The van der Waals surface area contributed by atoms with Gasteiger partial charge in [0.25, 0.3) is 0 Å². The van der Waals surface area contributed by atoms with E-state index >= 15 is 0 Å². The molecule has 5 heteroatoms. The maximum atomic E-state index is 12.3. The molecule has 2 heterocycles. The third-order valence-corrected chi connectivity index (χ3v) is 5.28. The molecule has 21 heavy (non-hydrogen) atoms. The van der Waals surface area contributed by atoms with Crippen LogP contribution >= 0.6 is 11.3 Å². The van der Waals surface area contributed by atoms with Gasteiger partial charge in [0.2, 0.25) is 5.91 Å². The molecule has 0 bridgehead atoms. The van der Waals surface area contributed by atoms with E-state index in [-0.39, 0.29) is 11.9 Å². The van der Waals surface area contributed by atoms with E-state index in [9.17, 15) is 4.79 Å². The molecular formula is C16H27N3OS. The molecule has 0 aliphatic carbocycles. The van der Waals surface area contributed by atoms with E-state index in [0.717, 1.165) is 23.7 Å². The number of hydrogen-bond acceptors (Lipinski definition) is 4. The molecule has 0 aromatic carbocycles. The number of aromatic nitrogens is 1. The van der Waals surface area contributed by atoms with Crippen LogP contribution in [0.25, 0.3) is 0 Å². The van der Waals surface area contributed by atoms with Crippen LogP contribution in [-0.2, 0) is 4.79 Å². The number of thiazole rings is 1. The van der Waals surface area contributed by atoms with Crippen LogP contribution in [0, 0.1) is 13.8 Å². The highest BCUT2D eigenvalue weighted by Gasteiger charge is 2.21. The Kier molecular flexibility index (Phi) is 5.76. The lowest BCUT2D eigenvalue weighted by atomic mass is 10.1. The maximum absolute atomic E-state index is 12.3. The third-order valence-electron chi connectivity index (χ3n) is 4.37. The van der Waals surface area contributed by atoms with Crippen LogP contribution in [0.4, 0.5) is 0 Å². The molecule has 1 amide bonds. The van der Waals surface area contributed by atoms with Gasteiger partial charge in [-0.1, -0.05) is 0 Å². The zero-order valence-electron chi connectivity index (χ0n) is 13.7. The van der Waals surface area contributed by atoms with Gasteiger partial charge in [0.05, 0.1) is 16.7 Å². The van der Waals surface area contributed by atoms with Crippen molar-refractivity contribution in [1.82, 2.24) is 14.8 Å². The second kappa shape index (κ2) is 7.36. The average molecular weight is 309 g/mol. The van der Waals surface area contributed by atoms with E-state index in [2.05, 4.69) is 23.7 Å². The van der Waals surface area contributed by atoms with Crippen LogP contribution in [0.3, 0.4) is 0 Å². The number of likely N-dealkylation sites (tertiary alicyclic amines) is 1. The minimum absolute atomic E-state index is 0.0641. The Labute approximate surface area is 132 Å². The molecule has 4 nitrogen and oxygen atoms in total. The summed E-state index contributed by atoms with van der Waals surface area (Å²) in [7, 11) is 1.90. The number of nitrogens with zero attached hydrogens (tertiary/aromatic N) is 3. The molecular weight excluding hydrogens is 282 g/mol. The lowest BCUT2D eigenvalue weighted by molar-refractivity contribution is -0.132. The molecule has 1 aromatic rings. The van der Waals surface area contributed by atoms with Crippen molar-refractivity contribution in [1.29, 1.82) is 0 Å². The molecule has 0 spiro atoms. The molecule has 1 saturated heterocycles. The van der Waals surface area contributed by atoms with Gasteiger partial charge in [-0.05, 0) is 59.7 Å². The summed E-state index contributed by atoms with van der Waals surface area (Å²) in [5, 5.41) is 1.07. The molecule has 1 aliphatic heterocycles. The second-order valence-electron chi connectivity index (χ2n) is 6.01. The van der Waals surface area contributed by atoms with Gasteiger partial charge in [-0.15, -0.1) is 11.3 Å². The lowest BCUT2D eigenvalue weighted by Crippen LogP contribution is -2.31. The third kappa shape index (κ3) is 4.27. The Hall–Kier alpha value is -0.940. The summed E-state index contributed by atoms with van der Waals surface area (Å²) in [6, 6.07) is 0.0641. The number of amides is 1. The fourth-order valence-electron chi connectivity index (χ4n) is 2.97. The quantitative estimate of drug-likeness (QED) is 0.810. The van der Waals surface area contributed by atoms with Crippen molar-refractivity contribution >= 4 is 17.2 Å². The standard InChI is InChI=1S/C16H27N3OS/c1-12(16-13(2)21-14(3)17-16)18(4)15(20)8-7-11-19-9-5-6-10-19/h12H,5-11H2,1-4H3/t12-/m0/s1. The van der Waals surface area contributed by atoms with Gasteiger partial charge in [0.1, 0.15) is 0 Å². The van der Waals surface area contributed by atoms with Crippen LogP contribution in [0.2, 0.25) is 0 Å². The molecule has 2 rings (SSSR count). The van der Waals surface area contributed by atoms with Gasteiger partial charge >= 0.3 is 0 Å². The first-order chi connectivity index (χ1) is 9.99. The summed E-state index contributed by atoms with van der Waals surface area (Å²) >= 11 is 1.71. The highest BCUT2D eigenvalue weighted by Crippen LogP contribution is 2.26. The average Bonchev–Trinajstić information content (AvgIpc) is 3.06. The van der Waals surface area contributed by atoms with Crippen molar-refractivity contribution in [3.63, 3.8) is 0 Å². The highest BCUT2D eigenvalue weighted by molar-refractivity contribution is 7.11. The van der Waals surface area contributed by atoms with E-state index in [4.69, 9.17) is 0 Å². The molecule has 1 atom stereocenters. The van der Waals surface area contributed by atoms with Crippen molar-refractivity contribution in [2.75, 3.05) is 26.7 Å². The molecule has 1 fully saturated rings. The number of aryl methyl sites for hydroxylation is 2. The fourth-order valence-corrected chi connectivity index (χ4v) is 3.88. The number of rotatable bonds is 6. The normalized spacial score (nSPS) is 17.1. The Morgan fingerprint density at radius 2 is 2.05 bits per heavy atom. The first kappa shape index (κ1) is 16.4.